The van der Waals surface area contributed by atoms with Crippen molar-refractivity contribution >= 4 is 5.97 Å². The smallest absolute Gasteiger partial charge is 0.312 e. The maximum Gasteiger partial charge on any atom is 0.312 e. The van der Waals surface area contributed by atoms with Crippen molar-refractivity contribution in [3.05, 3.63) is 12.2 Å². The van der Waals surface area contributed by atoms with Crippen molar-refractivity contribution in [2.24, 2.45) is 5.92 Å². The molecule has 0 aromatic rings. The number of fused-ring (bicyclic) bond motifs is 2. The molecule has 5 atom stereocenters. The van der Waals surface area contributed by atoms with Crippen LogP contribution in [0.4, 0.5) is 0 Å². The van der Waals surface area contributed by atoms with E-state index in [1.54, 1.807) is 0 Å². The van der Waals surface area contributed by atoms with Gasteiger partial charge in [-0.3, -0.25) is 4.79 Å². The highest BCUT2D eigenvalue weighted by atomic mass is 16.8. The summed E-state index contributed by atoms with van der Waals surface area (Å²) in [6.45, 7) is 6.19. The van der Waals surface area contributed by atoms with E-state index in [-0.39, 0.29) is 12.6 Å². The summed E-state index contributed by atoms with van der Waals surface area (Å²) in [5.41, 5.74) is -0.830. The molecule has 196 valence electrons. The van der Waals surface area contributed by atoms with E-state index in [4.69, 9.17) is 18.9 Å². The van der Waals surface area contributed by atoms with Crippen molar-refractivity contribution < 1.29 is 28.8 Å². The fourth-order valence-electron chi connectivity index (χ4n) is 5.47. The van der Waals surface area contributed by atoms with Crippen LogP contribution in [-0.2, 0) is 23.7 Å². The molecule has 3 fully saturated rings. The molecular weight excluding hydrogens is 432 g/mol. The van der Waals surface area contributed by atoms with Crippen LogP contribution in [0.2, 0.25) is 0 Å². The van der Waals surface area contributed by atoms with E-state index in [9.17, 15) is 9.90 Å². The van der Waals surface area contributed by atoms with Crippen LogP contribution in [0, 0.1) is 5.92 Å². The van der Waals surface area contributed by atoms with Gasteiger partial charge in [0.25, 0.3) is 0 Å². The van der Waals surface area contributed by atoms with E-state index < -0.39 is 35.8 Å². The zero-order valence-corrected chi connectivity index (χ0v) is 21.8. The number of aliphatic hydroxyl groups excluding tert-OH is 1. The monoisotopic (exact) mass is 480 g/mol. The molecule has 1 spiro atoms. The number of carbonyl (C=O) groups is 1. The summed E-state index contributed by atoms with van der Waals surface area (Å²) < 4.78 is 23.2. The molecule has 3 aliphatic rings. The highest BCUT2D eigenvalue weighted by Crippen LogP contribution is 2.48. The summed E-state index contributed by atoms with van der Waals surface area (Å²) in [6.07, 6.45) is 20.3. The van der Waals surface area contributed by atoms with Gasteiger partial charge in [0, 0.05) is 6.42 Å². The predicted molar refractivity (Wildman–Crippen MR) is 132 cm³/mol. The van der Waals surface area contributed by atoms with E-state index in [1.165, 1.54) is 70.6 Å². The van der Waals surface area contributed by atoms with Crippen LogP contribution in [0.1, 0.15) is 117 Å². The number of aliphatic hydroxyl groups is 1. The van der Waals surface area contributed by atoms with Crippen LogP contribution in [-0.4, -0.2) is 47.6 Å². The molecule has 3 aliphatic heterocycles. The zero-order valence-electron chi connectivity index (χ0n) is 21.8. The first kappa shape index (κ1) is 27.6. The van der Waals surface area contributed by atoms with Crippen molar-refractivity contribution in [3.63, 3.8) is 0 Å². The third-order valence-electron chi connectivity index (χ3n) is 7.47. The first-order chi connectivity index (χ1) is 16.4. The molecule has 0 amide bonds. The molecule has 3 heterocycles. The fraction of sp³-hybridized carbons (Fsp3) is 0.893. The van der Waals surface area contributed by atoms with Crippen LogP contribution in [0.25, 0.3) is 0 Å². The predicted octanol–water partition coefficient (Wildman–Crippen LogP) is 6.19. The SMILES string of the molecule is CCCCCCCC/C=C\CCCCCCCC(O)C1C[C@]2(CO[C@@H]3OC(C)(C)O[C@@H]32)OC1=O. The molecule has 0 aliphatic carbocycles. The molecule has 1 N–H and O–H groups in total. The topological polar surface area (TPSA) is 74.2 Å². The number of hydrogen-bond donors (Lipinski definition) is 1. The lowest BCUT2D eigenvalue weighted by atomic mass is 9.86. The number of carbonyl (C=O) groups excluding carboxylic acids is 1. The molecule has 0 bridgehead atoms. The molecule has 6 heteroatoms. The molecule has 0 aromatic heterocycles. The Hall–Kier alpha value is -0.950. The molecule has 6 nitrogen and oxygen atoms in total. The molecule has 0 saturated carbocycles. The van der Waals surface area contributed by atoms with Gasteiger partial charge in [-0.1, -0.05) is 76.9 Å². The van der Waals surface area contributed by atoms with E-state index in [0.717, 1.165) is 12.8 Å². The van der Waals surface area contributed by atoms with Crippen molar-refractivity contribution in [1.82, 2.24) is 0 Å². The van der Waals surface area contributed by atoms with Gasteiger partial charge in [0.1, 0.15) is 0 Å². The second-order valence-electron chi connectivity index (χ2n) is 11.0. The molecule has 3 rings (SSSR count). The minimum absolute atomic E-state index is 0.265. The van der Waals surface area contributed by atoms with Gasteiger partial charge < -0.3 is 24.1 Å². The summed E-state index contributed by atoms with van der Waals surface area (Å²) in [5, 5.41) is 10.7. The van der Waals surface area contributed by atoms with Crippen LogP contribution >= 0.6 is 0 Å². The Morgan fingerprint density at radius 1 is 0.941 bits per heavy atom. The number of ether oxygens (including phenoxy) is 4. The van der Waals surface area contributed by atoms with Crippen LogP contribution in [0.5, 0.6) is 0 Å². The maximum atomic E-state index is 12.5. The third kappa shape index (κ3) is 7.78. The summed E-state index contributed by atoms with van der Waals surface area (Å²) in [4.78, 5) is 12.5. The van der Waals surface area contributed by atoms with Gasteiger partial charge in [-0.15, -0.1) is 0 Å². The van der Waals surface area contributed by atoms with Gasteiger partial charge in [0.15, 0.2) is 23.8 Å². The number of rotatable bonds is 16. The van der Waals surface area contributed by atoms with E-state index in [2.05, 4.69) is 19.1 Å². The van der Waals surface area contributed by atoms with Crippen molar-refractivity contribution in [1.29, 1.82) is 0 Å². The first-order valence-corrected chi connectivity index (χ1v) is 13.9. The summed E-state index contributed by atoms with van der Waals surface area (Å²) in [6, 6.07) is 0. The Labute approximate surface area is 206 Å². The van der Waals surface area contributed by atoms with Crippen molar-refractivity contribution in [2.75, 3.05) is 6.61 Å². The number of hydrogen-bond acceptors (Lipinski definition) is 6. The molecule has 0 aromatic carbocycles. The van der Waals surface area contributed by atoms with Gasteiger partial charge in [-0.2, -0.15) is 0 Å². The molecule has 0 radical (unpaired) electrons. The maximum absolute atomic E-state index is 12.5. The minimum Gasteiger partial charge on any atom is -0.453 e. The molecule has 2 unspecified atom stereocenters. The highest BCUT2D eigenvalue weighted by Gasteiger charge is 2.65. The standard InChI is InChI=1S/C28H48O6/c1-4-5-6-7-8-9-10-11-12-13-14-15-16-17-18-19-23(29)22-20-28(33-25(22)30)21-31-26-24(28)32-27(2,3)34-26/h11-12,22-24,26,29H,4-10,13-21H2,1-3H3/b12-11-/t22?,23?,24-,26+,28+/m0/s1. The van der Waals surface area contributed by atoms with Gasteiger partial charge in [0.2, 0.25) is 0 Å². The molecular formula is C28H48O6. The van der Waals surface area contributed by atoms with E-state index in [1.807, 2.05) is 13.8 Å². The minimum atomic E-state index is -0.830. The molecule has 3 saturated heterocycles. The van der Waals surface area contributed by atoms with Crippen molar-refractivity contribution in [2.45, 2.75) is 147 Å². The second-order valence-corrected chi connectivity index (χ2v) is 11.0. The zero-order chi connectivity index (χ0) is 24.4. The van der Waals surface area contributed by atoms with Crippen molar-refractivity contribution in [3.8, 4) is 0 Å². The van der Waals surface area contributed by atoms with Gasteiger partial charge in [-0.05, 0) is 46.0 Å². The van der Waals surface area contributed by atoms with Gasteiger partial charge in [-0.25, -0.2) is 0 Å². The lowest BCUT2D eigenvalue weighted by Crippen LogP contribution is -2.44. The lowest BCUT2D eigenvalue weighted by Gasteiger charge is -2.27. The molecule has 34 heavy (non-hydrogen) atoms. The normalized spacial score (nSPS) is 30.9. The van der Waals surface area contributed by atoms with Crippen LogP contribution < -0.4 is 0 Å². The first-order valence-electron chi connectivity index (χ1n) is 13.9. The van der Waals surface area contributed by atoms with E-state index in [0.29, 0.717) is 12.8 Å². The number of unbranched alkanes of at least 4 members (excludes halogenated alkanes) is 11. The third-order valence-corrected chi connectivity index (χ3v) is 7.47. The average Bonchev–Trinajstić information content (AvgIpc) is 3.41. The Bertz CT molecular complexity index is 647. The summed E-state index contributed by atoms with van der Waals surface area (Å²) in [7, 11) is 0. The summed E-state index contributed by atoms with van der Waals surface area (Å²) in [5.74, 6) is -1.60. The highest BCUT2D eigenvalue weighted by molar-refractivity contribution is 5.76. The Morgan fingerprint density at radius 3 is 2.24 bits per heavy atom. The second kappa shape index (κ2) is 13.4. The lowest BCUT2D eigenvalue weighted by molar-refractivity contribution is -0.213. The Kier molecular flexibility index (Phi) is 10.9. The number of allylic oxidation sites excluding steroid dienone is 2. The van der Waals surface area contributed by atoms with Gasteiger partial charge >= 0.3 is 5.97 Å². The average molecular weight is 481 g/mol. The Morgan fingerprint density at radius 2 is 1.56 bits per heavy atom. The fourth-order valence-corrected chi connectivity index (χ4v) is 5.47. The van der Waals surface area contributed by atoms with Gasteiger partial charge in [0.05, 0.1) is 18.6 Å². The quantitative estimate of drug-likeness (QED) is 0.161. The summed E-state index contributed by atoms with van der Waals surface area (Å²) >= 11 is 0. The van der Waals surface area contributed by atoms with E-state index >= 15 is 0 Å². The number of esters is 1. The Balaban J connectivity index is 1.22. The van der Waals surface area contributed by atoms with Crippen LogP contribution in [0.3, 0.4) is 0 Å². The largest absolute Gasteiger partial charge is 0.453 e. The van der Waals surface area contributed by atoms with Crippen LogP contribution in [0.15, 0.2) is 12.2 Å².